The summed E-state index contributed by atoms with van der Waals surface area (Å²) in [6.45, 7) is 0.639. The van der Waals surface area contributed by atoms with E-state index in [1.165, 1.54) is 10.5 Å². The number of methoxy groups -OCH3 is 1. The van der Waals surface area contributed by atoms with Gasteiger partial charge >= 0.3 is 0 Å². The number of quaternary nitrogens is 1. The molecule has 5 heteroatoms. The third kappa shape index (κ3) is 4.81. The molecule has 122 valence electrons. The molecule has 0 radical (unpaired) electrons. The zero-order valence-electron chi connectivity index (χ0n) is 13.6. The molecule has 1 atom stereocenters. The molecule has 0 spiro atoms. The van der Waals surface area contributed by atoms with Crippen LogP contribution in [0.25, 0.3) is 0 Å². The summed E-state index contributed by atoms with van der Waals surface area (Å²) in [7, 11) is 5.89. The largest absolute Gasteiger partial charge is 0.507 e. The van der Waals surface area contributed by atoms with Crippen LogP contribution in [0.4, 0.5) is 0 Å². The van der Waals surface area contributed by atoms with Crippen molar-refractivity contribution in [1.82, 2.24) is 0 Å². The second-order valence-corrected chi connectivity index (χ2v) is 6.52. The maximum Gasteiger partial charge on any atom is 0.132 e. The van der Waals surface area contributed by atoms with Crippen LogP contribution < -0.4 is 9.64 Å². The van der Waals surface area contributed by atoms with E-state index in [1.807, 2.05) is 18.2 Å². The number of rotatable bonds is 6. The Morgan fingerprint density at radius 1 is 1.22 bits per heavy atom. The van der Waals surface area contributed by atoms with E-state index in [1.54, 1.807) is 25.5 Å². The highest BCUT2D eigenvalue weighted by Crippen LogP contribution is 2.20. The highest BCUT2D eigenvalue weighted by Gasteiger charge is 2.17. The smallest absolute Gasteiger partial charge is 0.132 e. The molecular formula is C18H22BrN2O2+. The molecule has 23 heavy (non-hydrogen) atoms. The van der Waals surface area contributed by atoms with Gasteiger partial charge in [0, 0.05) is 21.8 Å². The zero-order chi connectivity index (χ0) is 16.8. The van der Waals surface area contributed by atoms with Gasteiger partial charge in [0.2, 0.25) is 0 Å². The van der Waals surface area contributed by atoms with E-state index in [2.05, 4.69) is 47.2 Å². The van der Waals surface area contributed by atoms with E-state index >= 15 is 0 Å². The predicted octanol–water partition coefficient (Wildman–Crippen LogP) is 2.47. The van der Waals surface area contributed by atoms with Gasteiger partial charge in [-0.15, -0.1) is 0 Å². The van der Waals surface area contributed by atoms with Crippen molar-refractivity contribution in [3.63, 3.8) is 0 Å². The fourth-order valence-corrected chi connectivity index (χ4v) is 2.72. The monoisotopic (exact) mass is 377 g/mol. The van der Waals surface area contributed by atoms with Gasteiger partial charge in [0.15, 0.2) is 0 Å². The van der Waals surface area contributed by atoms with Gasteiger partial charge in [-0.25, -0.2) is 0 Å². The quantitative estimate of drug-likeness (QED) is 0.759. The first-order valence-corrected chi connectivity index (χ1v) is 8.23. The first-order valence-electron chi connectivity index (χ1n) is 7.43. The maximum absolute atomic E-state index is 9.85. The summed E-state index contributed by atoms with van der Waals surface area (Å²) in [5.41, 5.74) is 1.92. The van der Waals surface area contributed by atoms with Crippen LogP contribution in [0, 0.1) is 0 Å². The maximum atomic E-state index is 9.85. The molecule has 0 saturated heterocycles. The van der Waals surface area contributed by atoms with Gasteiger partial charge < -0.3 is 14.7 Å². The average molecular weight is 378 g/mol. The van der Waals surface area contributed by atoms with E-state index in [-0.39, 0.29) is 11.8 Å². The fourth-order valence-electron chi connectivity index (χ4n) is 2.34. The lowest BCUT2D eigenvalue weighted by atomic mass is 10.1. The number of benzene rings is 2. The third-order valence-electron chi connectivity index (χ3n) is 3.72. The highest BCUT2D eigenvalue weighted by atomic mass is 79.9. The molecule has 0 aliphatic rings. The van der Waals surface area contributed by atoms with Crippen molar-refractivity contribution in [2.24, 2.45) is 4.99 Å². The molecule has 0 bridgehead atoms. The third-order valence-corrected chi connectivity index (χ3v) is 4.22. The normalized spacial score (nSPS) is 12.7. The Bertz CT molecular complexity index is 669. The molecule has 2 N–H and O–H groups in total. The minimum Gasteiger partial charge on any atom is -0.507 e. The van der Waals surface area contributed by atoms with Crippen LogP contribution in [0.1, 0.15) is 17.2 Å². The number of hydrogen-bond donors (Lipinski definition) is 2. The predicted molar refractivity (Wildman–Crippen MR) is 96.8 cm³/mol. The summed E-state index contributed by atoms with van der Waals surface area (Å²) in [5.74, 6) is 1.08. The number of phenols is 1. The average Bonchev–Trinajstić information content (AvgIpc) is 2.54. The Labute approximate surface area is 145 Å². The SMILES string of the molecule is COc1ccc([C@H](CN=Cc2cc(Br)ccc2O)[NH+](C)C)cc1. The van der Waals surface area contributed by atoms with E-state index in [0.29, 0.717) is 12.1 Å². The topological polar surface area (TPSA) is 46.3 Å². The van der Waals surface area contributed by atoms with Crippen molar-refractivity contribution in [2.75, 3.05) is 27.7 Å². The lowest BCUT2D eigenvalue weighted by Crippen LogP contribution is -3.06. The van der Waals surface area contributed by atoms with E-state index in [0.717, 1.165) is 10.2 Å². The molecule has 0 aromatic heterocycles. The van der Waals surface area contributed by atoms with Crippen molar-refractivity contribution in [1.29, 1.82) is 0 Å². The molecule has 0 aliphatic carbocycles. The van der Waals surface area contributed by atoms with Crippen LogP contribution >= 0.6 is 15.9 Å². The minimum atomic E-state index is 0.232. The summed E-state index contributed by atoms with van der Waals surface area (Å²) in [4.78, 5) is 5.82. The molecule has 0 aliphatic heterocycles. The molecule has 0 heterocycles. The van der Waals surface area contributed by atoms with Crippen LogP contribution in [-0.4, -0.2) is 39.1 Å². The van der Waals surface area contributed by atoms with Gasteiger partial charge in [0.25, 0.3) is 0 Å². The number of phenolic OH excluding ortho intramolecular Hbond substituents is 1. The van der Waals surface area contributed by atoms with Gasteiger partial charge in [-0.05, 0) is 42.5 Å². The van der Waals surface area contributed by atoms with Gasteiger partial charge in [-0.3, -0.25) is 4.99 Å². The number of nitrogens with one attached hydrogen (secondary N) is 1. The second kappa shape index (κ2) is 8.13. The lowest BCUT2D eigenvalue weighted by molar-refractivity contribution is -0.890. The fraction of sp³-hybridized carbons (Fsp3) is 0.278. The first kappa shape index (κ1) is 17.5. The Kier molecular flexibility index (Phi) is 6.19. The van der Waals surface area contributed by atoms with Crippen LogP contribution in [0.15, 0.2) is 51.9 Å². The summed E-state index contributed by atoms with van der Waals surface area (Å²) < 4.78 is 6.12. The zero-order valence-corrected chi connectivity index (χ0v) is 15.2. The van der Waals surface area contributed by atoms with Crippen LogP contribution in [0.5, 0.6) is 11.5 Å². The lowest BCUT2D eigenvalue weighted by Gasteiger charge is -2.20. The number of nitrogens with zero attached hydrogens (tertiary/aromatic N) is 1. The molecule has 0 unspecified atom stereocenters. The Hall–Kier alpha value is -1.85. The van der Waals surface area contributed by atoms with Crippen LogP contribution in [-0.2, 0) is 0 Å². The Balaban J connectivity index is 2.13. The summed E-state index contributed by atoms with van der Waals surface area (Å²) in [6, 6.07) is 13.6. The summed E-state index contributed by atoms with van der Waals surface area (Å²) >= 11 is 3.40. The second-order valence-electron chi connectivity index (χ2n) is 5.60. The van der Waals surface area contributed by atoms with Crippen LogP contribution in [0.3, 0.4) is 0 Å². The van der Waals surface area contributed by atoms with Crippen molar-refractivity contribution in [3.05, 3.63) is 58.1 Å². The van der Waals surface area contributed by atoms with E-state index in [4.69, 9.17) is 4.74 Å². The highest BCUT2D eigenvalue weighted by molar-refractivity contribution is 9.10. The standard InChI is InChI=1S/C18H21BrN2O2/c1-21(2)17(13-4-7-16(23-3)8-5-13)12-20-11-14-10-15(19)6-9-18(14)22/h4-11,17,22H,12H2,1-3H3/p+1/t17-/m0/s1. The van der Waals surface area contributed by atoms with Gasteiger partial charge in [-0.1, -0.05) is 15.9 Å². The molecular weight excluding hydrogens is 356 g/mol. The van der Waals surface area contributed by atoms with Crippen molar-refractivity contribution < 1.29 is 14.7 Å². The van der Waals surface area contributed by atoms with E-state index < -0.39 is 0 Å². The first-order chi connectivity index (χ1) is 11.0. The van der Waals surface area contributed by atoms with Crippen molar-refractivity contribution >= 4 is 22.1 Å². The van der Waals surface area contributed by atoms with Gasteiger partial charge in [-0.2, -0.15) is 0 Å². The molecule has 2 aromatic carbocycles. The van der Waals surface area contributed by atoms with Gasteiger partial charge in [0.05, 0.1) is 27.7 Å². The number of halogens is 1. The van der Waals surface area contributed by atoms with Gasteiger partial charge in [0.1, 0.15) is 17.5 Å². The molecule has 2 rings (SSSR count). The summed E-state index contributed by atoms with van der Waals surface area (Å²) in [5, 5.41) is 9.85. The minimum absolute atomic E-state index is 0.232. The number of ether oxygens (including phenoxy) is 1. The summed E-state index contributed by atoms with van der Waals surface area (Å²) in [6.07, 6.45) is 1.72. The number of hydrogen-bond acceptors (Lipinski definition) is 3. The molecule has 2 aromatic rings. The number of aromatic hydroxyl groups is 1. The molecule has 4 nitrogen and oxygen atoms in total. The Morgan fingerprint density at radius 3 is 2.52 bits per heavy atom. The van der Waals surface area contributed by atoms with Crippen molar-refractivity contribution in [2.45, 2.75) is 6.04 Å². The Morgan fingerprint density at radius 2 is 1.91 bits per heavy atom. The van der Waals surface area contributed by atoms with E-state index in [9.17, 15) is 5.11 Å². The number of aliphatic imine (C=N–C) groups is 1. The molecule has 0 amide bonds. The van der Waals surface area contributed by atoms with Crippen LogP contribution in [0.2, 0.25) is 0 Å². The number of likely N-dealkylation sites (N-methyl/N-ethyl adjacent to an activating group) is 1. The molecule has 0 fully saturated rings. The van der Waals surface area contributed by atoms with Crippen molar-refractivity contribution in [3.8, 4) is 11.5 Å². The molecule has 0 saturated carbocycles.